The number of nitrogens with one attached hydrogen (secondary N) is 1. The molecule has 3 aromatic carbocycles. The first kappa shape index (κ1) is 34.8. The van der Waals surface area contributed by atoms with Crippen LogP contribution in [0.25, 0.3) is 11.2 Å². The smallest absolute Gasteiger partial charge is 0.404 e. The van der Waals surface area contributed by atoms with Crippen molar-refractivity contribution in [1.29, 1.82) is 0 Å². The molecule has 12 heteroatoms. The second kappa shape index (κ2) is 15.0. The molecule has 1 fully saturated rings. The van der Waals surface area contributed by atoms with Crippen LogP contribution in [0.2, 0.25) is 0 Å². The van der Waals surface area contributed by atoms with Crippen LogP contribution in [0.4, 0.5) is 27.9 Å². The molecule has 0 bridgehead atoms. The number of aliphatic imine (C=N–C) groups is 1. The van der Waals surface area contributed by atoms with E-state index in [0.29, 0.717) is 24.6 Å². The Bertz CT molecular complexity index is 2240. The van der Waals surface area contributed by atoms with E-state index in [1.807, 2.05) is 77.6 Å². The summed E-state index contributed by atoms with van der Waals surface area (Å²) in [6.07, 6.45) is 4.27. The number of carbonyl (C=O) groups is 1. The minimum atomic E-state index is -0.989. The number of aromatic nitrogens is 5. The standard InChI is InChI=1S/C42H43N9O3/c1-42(28-44-41(52)53)21-24-49(25-22-42)36-26-43-38-39(47-36)51(27-29-15-17-32(54-2)18-16-29)48-40(38)50-23-9-14-33-34(50)19-20-35(45-33)46-37(30-10-5-3-6-11-30)31-12-7-4-8-13-31/h3-8,10-13,15-20,26,44H,9,14,21-25,27-28H2,1-2H3,(H,52,53). The molecule has 2 N–H and O–H groups in total. The third kappa shape index (κ3) is 7.32. The molecular weight excluding hydrogens is 679 g/mol. The van der Waals surface area contributed by atoms with Crippen LogP contribution in [-0.4, -0.2) is 74.9 Å². The van der Waals surface area contributed by atoms with Crippen LogP contribution >= 0.6 is 0 Å². The fourth-order valence-corrected chi connectivity index (χ4v) is 7.33. The van der Waals surface area contributed by atoms with E-state index in [1.54, 1.807) is 7.11 Å². The summed E-state index contributed by atoms with van der Waals surface area (Å²) >= 11 is 0. The quantitative estimate of drug-likeness (QED) is 0.139. The summed E-state index contributed by atoms with van der Waals surface area (Å²) < 4.78 is 7.35. The summed E-state index contributed by atoms with van der Waals surface area (Å²) in [4.78, 5) is 36.1. The molecule has 2 aliphatic heterocycles. The third-order valence-electron chi connectivity index (χ3n) is 10.5. The second-order valence-electron chi connectivity index (χ2n) is 14.3. The molecule has 0 saturated carbocycles. The molecule has 0 unspecified atom stereocenters. The van der Waals surface area contributed by atoms with Crippen molar-refractivity contribution in [3.8, 4) is 5.75 Å². The van der Waals surface area contributed by atoms with E-state index >= 15 is 0 Å². The Hall–Kier alpha value is -6.30. The maximum atomic E-state index is 11.2. The van der Waals surface area contributed by atoms with E-state index in [2.05, 4.69) is 52.4 Å². The average Bonchev–Trinajstić information content (AvgIpc) is 3.57. The number of anilines is 3. The molecule has 0 spiro atoms. The van der Waals surface area contributed by atoms with Crippen LogP contribution in [-0.2, 0) is 13.0 Å². The summed E-state index contributed by atoms with van der Waals surface area (Å²) in [5.41, 5.74) is 7.29. The monoisotopic (exact) mass is 721 g/mol. The Morgan fingerprint density at radius 1 is 0.907 bits per heavy atom. The maximum absolute atomic E-state index is 11.2. The van der Waals surface area contributed by atoms with Crippen molar-refractivity contribution >= 4 is 46.1 Å². The van der Waals surface area contributed by atoms with Gasteiger partial charge in [0.25, 0.3) is 0 Å². The lowest BCUT2D eigenvalue weighted by Crippen LogP contribution is -2.44. The lowest BCUT2D eigenvalue weighted by molar-refractivity contribution is 0.178. The Labute approximate surface area is 314 Å². The van der Waals surface area contributed by atoms with Gasteiger partial charge in [0.05, 0.1) is 36.9 Å². The second-order valence-corrected chi connectivity index (χ2v) is 14.3. The van der Waals surface area contributed by atoms with Gasteiger partial charge in [-0.25, -0.2) is 29.4 Å². The first-order valence-electron chi connectivity index (χ1n) is 18.4. The molecule has 5 heterocycles. The highest BCUT2D eigenvalue weighted by Gasteiger charge is 2.32. The van der Waals surface area contributed by atoms with Gasteiger partial charge in [-0.1, -0.05) is 79.7 Å². The molecule has 0 radical (unpaired) electrons. The van der Waals surface area contributed by atoms with Gasteiger partial charge in [-0.05, 0) is 60.9 Å². The highest BCUT2D eigenvalue weighted by atomic mass is 16.5. The first-order valence-corrected chi connectivity index (χ1v) is 18.4. The number of ether oxygens (including phenoxy) is 1. The van der Waals surface area contributed by atoms with Gasteiger partial charge in [0.2, 0.25) is 0 Å². The number of methoxy groups -OCH3 is 1. The van der Waals surface area contributed by atoms with Crippen LogP contribution < -0.4 is 19.9 Å². The summed E-state index contributed by atoms with van der Waals surface area (Å²) in [6, 6.07) is 32.5. The summed E-state index contributed by atoms with van der Waals surface area (Å²) in [6.45, 7) is 5.35. The molecule has 8 rings (SSSR count). The van der Waals surface area contributed by atoms with Crippen LogP contribution in [0, 0.1) is 5.41 Å². The number of pyridine rings is 1. The van der Waals surface area contributed by atoms with E-state index < -0.39 is 6.09 Å². The van der Waals surface area contributed by atoms with Crippen molar-refractivity contribution in [3.05, 3.63) is 126 Å². The fraction of sp³-hybridized carbons (Fsp3) is 0.286. The van der Waals surface area contributed by atoms with Gasteiger partial charge < -0.3 is 25.0 Å². The Morgan fingerprint density at radius 3 is 2.28 bits per heavy atom. The topological polar surface area (TPSA) is 134 Å². The lowest BCUT2D eigenvalue weighted by Gasteiger charge is -2.39. The zero-order valence-corrected chi connectivity index (χ0v) is 30.5. The Kier molecular flexibility index (Phi) is 9.64. The molecule has 6 aromatic rings. The number of fused-ring (bicyclic) bond motifs is 2. The number of hydrogen-bond acceptors (Lipinski definition) is 9. The number of nitrogens with zero attached hydrogens (tertiary/aromatic N) is 8. The van der Waals surface area contributed by atoms with Gasteiger partial charge in [0.1, 0.15) is 11.6 Å². The molecule has 54 heavy (non-hydrogen) atoms. The largest absolute Gasteiger partial charge is 0.497 e. The summed E-state index contributed by atoms with van der Waals surface area (Å²) in [7, 11) is 1.66. The molecule has 2 aliphatic rings. The van der Waals surface area contributed by atoms with E-state index in [9.17, 15) is 4.79 Å². The fourth-order valence-electron chi connectivity index (χ4n) is 7.33. The molecule has 274 valence electrons. The number of carboxylic acid groups (broad SMARTS) is 1. The first-order chi connectivity index (χ1) is 26.4. The average molecular weight is 722 g/mol. The van der Waals surface area contributed by atoms with Crippen LogP contribution in [0.15, 0.2) is 108 Å². The van der Waals surface area contributed by atoms with Crippen molar-refractivity contribution in [2.75, 3.05) is 43.1 Å². The molecule has 1 saturated heterocycles. The van der Waals surface area contributed by atoms with Crippen LogP contribution in [0.5, 0.6) is 5.75 Å². The zero-order valence-electron chi connectivity index (χ0n) is 30.5. The zero-order chi connectivity index (χ0) is 37.1. The number of aryl methyl sites for hydroxylation is 1. The molecule has 0 aliphatic carbocycles. The van der Waals surface area contributed by atoms with E-state index in [4.69, 9.17) is 34.9 Å². The highest BCUT2D eigenvalue weighted by Crippen LogP contribution is 2.38. The van der Waals surface area contributed by atoms with E-state index in [1.165, 1.54) is 0 Å². The Balaban J connectivity index is 1.14. The van der Waals surface area contributed by atoms with Crippen molar-refractivity contribution < 1.29 is 14.6 Å². The number of amides is 1. The maximum Gasteiger partial charge on any atom is 0.404 e. The number of benzene rings is 3. The van der Waals surface area contributed by atoms with Crippen molar-refractivity contribution in [2.24, 2.45) is 10.4 Å². The van der Waals surface area contributed by atoms with Crippen LogP contribution in [0.1, 0.15) is 48.6 Å². The van der Waals surface area contributed by atoms with Crippen LogP contribution in [0.3, 0.4) is 0 Å². The molecule has 12 nitrogen and oxygen atoms in total. The SMILES string of the molecule is COc1ccc(Cn2nc(N3CCCc4nc(N=C(c5ccccc5)c5ccccc5)ccc43)c3ncc(N4CCC(C)(CNC(=O)O)CC4)nc32)cc1. The van der Waals surface area contributed by atoms with Gasteiger partial charge in [-0.3, -0.25) is 0 Å². The molecular formula is C42H43N9O3. The summed E-state index contributed by atoms with van der Waals surface area (Å²) in [5.74, 6) is 2.99. The van der Waals surface area contributed by atoms with Crippen molar-refractivity contribution in [1.82, 2.24) is 30.0 Å². The molecule has 3 aromatic heterocycles. The van der Waals surface area contributed by atoms with Crippen molar-refractivity contribution in [2.45, 2.75) is 39.2 Å². The predicted molar refractivity (Wildman–Crippen MR) is 211 cm³/mol. The number of hydrogen-bond donors (Lipinski definition) is 2. The normalized spacial score (nSPS) is 15.1. The van der Waals surface area contributed by atoms with Gasteiger partial charge in [-0.2, -0.15) is 5.10 Å². The third-order valence-corrected chi connectivity index (χ3v) is 10.5. The van der Waals surface area contributed by atoms with Gasteiger partial charge in [0, 0.05) is 37.3 Å². The van der Waals surface area contributed by atoms with E-state index in [0.717, 1.165) is 102 Å². The van der Waals surface area contributed by atoms with Gasteiger partial charge in [-0.15, -0.1) is 0 Å². The van der Waals surface area contributed by atoms with Crippen molar-refractivity contribution in [3.63, 3.8) is 0 Å². The number of piperidine rings is 1. The van der Waals surface area contributed by atoms with E-state index in [-0.39, 0.29) is 5.41 Å². The number of rotatable bonds is 10. The minimum Gasteiger partial charge on any atom is -0.497 e. The molecule has 1 amide bonds. The molecule has 0 atom stereocenters. The van der Waals surface area contributed by atoms with Gasteiger partial charge >= 0.3 is 6.09 Å². The predicted octanol–water partition coefficient (Wildman–Crippen LogP) is 7.41. The highest BCUT2D eigenvalue weighted by molar-refractivity contribution is 6.13. The Morgan fingerprint density at radius 2 is 1.61 bits per heavy atom. The van der Waals surface area contributed by atoms with Gasteiger partial charge in [0.15, 0.2) is 22.8 Å². The minimum absolute atomic E-state index is 0.110. The lowest BCUT2D eigenvalue weighted by atomic mass is 9.80. The summed E-state index contributed by atoms with van der Waals surface area (Å²) in [5, 5.41) is 16.9.